The zero-order chi connectivity index (χ0) is 19.6. The van der Waals surface area contributed by atoms with Crippen LogP contribution in [0.3, 0.4) is 0 Å². The molecular formula is C19H22ClN3O3S. The van der Waals surface area contributed by atoms with Crippen LogP contribution >= 0.6 is 11.6 Å². The highest BCUT2D eigenvalue weighted by atomic mass is 35.5. The first kappa shape index (κ1) is 19.7. The van der Waals surface area contributed by atoms with Gasteiger partial charge < -0.3 is 10.2 Å². The van der Waals surface area contributed by atoms with Crippen LogP contribution in [0.4, 0.5) is 10.5 Å². The molecule has 0 spiro atoms. The standard InChI is InChI=1S/C19H22ClN3O3S/c1-22(2)27(25,26)18-12-15(8-11-17(18)20)21-19(24)23(16-9-10-16)13-14-6-4-3-5-7-14/h3-8,11-12,16H,9-10,13H2,1-2H3,(H,21,24). The van der Waals surface area contributed by atoms with Gasteiger partial charge in [0.1, 0.15) is 4.90 Å². The van der Waals surface area contributed by atoms with Crippen LogP contribution in [0.5, 0.6) is 0 Å². The van der Waals surface area contributed by atoms with Gasteiger partial charge >= 0.3 is 6.03 Å². The van der Waals surface area contributed by atoms with E-state index in [0.29, 0.717) is 12.2 Å². The molecule has 0 aliphatic heterocycles. The second kappa shape index (κ2) is 7.88. The first-order valence-corrected chi connectivity index (χ1v) is 10.4. The molecule has 0 radical (unpaired) electrons. The Hall–Kier alpha value is -2.09. The number of hydrogen-bond acceptors (Lipinski definition) is 3. The predicted octanol–water partition coefficient (Wildman–Crippen LogP) is 3.79. The summed E-state index contributed by atoms with van der Waals surface area (Å²) in [6, 6.07) is 14.2. The van der Waals surface area contributed by atoms with E-state index in [1.165, 1.54) is 26.2 Å². The van der Waals surface area contributed by atoms with Crippen LogP contribution in [0.25, 0.3) is 0 Å². The quantitative estimate of drug-likeness (QED) is 0.792. The molecular weight excluding hydrogens is 386 g/mol. The van der Waals surface area contributed by atoms with Gasteiger partial charge in [-0.05, 0) is 36.6 Å². The molecule has 2 aromatic carbocycles. The number of hydrogen-bond donors (Lipinski definition) is 1. The van der Waals surface area contributed by atoms with Gasteiger partial charge in [-0.15, -0.1) is 0 Å². The van der Waals surface area contributed by atoms with Gasteiger partial charge in [-0.3, -0.25) is 0 Å². The largest absolute Gasteiger partial charge is 0.322 e. The van der Waals surface area contributed by atoms with Crippen molar-refractivity contribution < 1.29 is 13.2 Å². The summed E-state index contributed by atoms with van der Waals surface area (Å²) < 4.78 is 25.9. The van der Waals surface area contributed by atoms with Crippen LogP contribution in [-0.2, 0) is 16.6 Å². The number of benzene rings is 2. The number of rotatable bonds is 6. The molecule has 0 saturated heterocycles. The van der Waals surface area contributed by atoms with Gasteiger partial charge in [-0.1, -0.05) is 41.9 Å². The van der Waals surface area contributed by atoms with Crippen LogP contribution in [0, 0.1) is 0 Å². The number of nitrogens with zero attached hydrogens (tertiary/aromatic N) is 2. The molecule has 6 nitrogen and oxygen atoms in total. The molecule has 0 atom stereocenters. The van der Waals surface area contributed by atoms with Crippen molar-refractivity contribution >= 4 is 33.3 Å². The molecule has 3 rings (SSSR count). The van der Waals surface area contributed by atoms with Gasteiger partial charge in [0.15, 0.2) is 0 Å². The van der Waals surface area contributed by atoms with E-state index in [1.807, 2.05) is 30.3 Å². The zero-order valence-electron chi connectivity index (χ0n) is 15.2. The second-order valence-corrected chi connectivity index (χ2v) is 9.23. The Morgan fingerprint density at radius 3 is 2.41 bits per heavy atom. The molecule has 1 aliphatic carbocycles. The lowest BCUT2D eigenvalue weighted by Crippen LogP contribution is -2.36. The van der Waals surface area contributed by atoms with Crippen LogP contribution in [0.15, 0.2) is 53.4 Å². The molecule has 1 saturated carbocycles. The van der Waals surface area contributed by atoms with Crippen molar-refractivity contribution in [1.82, 2.24) is 9.21 Å². The van der Waals surface area contributed by atoms with Crippen molar-refractivity contribution in [3.8, 4) is 0 Å². The predicted molar refractivity (Wildman–Crippen MR) is 106 cm³/mol. The molecule has 144 valence electrons. The maximum atomic E-state index is 12.8. The third kappa shape index (κ3) is 4.61. The number of carbonyl (C=O) groups is 1. The molecule has 1 fully saturated rings. The monoisotopic (exact) mass is 407 g/mol. The van der Waals surface area contributed by atoms with E-state index in [9.17, 15) is 13.2 Å². The number of urea groups is 1. The number of anilines is 1. The number of carbonyl (C=O) groups excluding carboxylic acids is 1. The average molecular weight is 408 g/mol. The first-order chi connectivity index (χ1) is 12.8. The summed E-state index contributed by atoms with van der Waals surface area (Å²) in [5, 5.41) is 2.92. The van der Waals surface area contributed by atoms with Gasteiger partial charge in [-0.2, -0.15) is 0 Å². The van der Waals surface area contributed by atoms with Crippen LogP contribution < -0.4 is 5.32 Å². The Labute approximate surface area is 164 Å². The number of sulfonamides is 1. The summed E-state index contributed by atoms with van der Waals surface area (Å²) in [5.41, 5.74) is 1.44. The summed E-state index contributed by atoms with van der Waals surface area (Å²) in [5.74, 6) is 0. The van der Waals surface area contributed by atoms with Crippen molar-refractivity contribution in [2.75, 3.05) is 19.4 Å². The van der Waals surface area contributed by atoms with Crippen molar-refractivity contribution in [2.45, 2.75) is 30.3 Å². The fourth-order valence-electron chi connectivity index (χ4n) is 2.70. The summed E-state index contributed by atoms with van der Waals surface area (Å²) in [4.78, 5) is 14.5. The lowest BCUT2D eigenvalue weighted by Gasteiger charge is -2.23. The SMILES string of the molecule is CN(C)S(=O)(=O)c1cc(NC(=O)N(Cc2ccccc2)C2CC2)ccc1Cl. The molecule has 1 aliphatic rings. The van der Waals surface area contributed by atoms with E-state index in [0.717, 1.165) is 22.7 Å². The second-order valence-electron chi connectivity index (χ2n) is 6.71. The first-order valence-electron chi connectivity index (χ1n) is 8.62. The Morgan fingerprint density at radius 2 is 1.81 bits per heavy atom. The van der Waals surface area contributed by atoms with Gasteiger partial charge in [0.05, 0.1) is 5.02 Å². The smallest absolute Gasteiger partial charge is 0.317 e. The zero-order valence-corrected chi connectivity index (χ0v) is 16.8. The molecule has 2 amide bonds. The molecule has 0 bridgehead atoms. The van der Waals surface area contributed by atoms with E-state index in [2.05, 4.69) is 5.32 Å². The van der Waals surface area contributed by atoms with Crippen LogP contribution in [-0.4, -0.2) is 43.8 Å². The summed E-state index contributed by atoms with van der Waals surface area (Å²) in [6.07, 6.45) is 1.95. The number of nitrogens with one attached hydrogen (secondary N) is 1. The third-order valence-electron chi connectivity index (χ3n) is 4.39. The lowest BCUT2D eigenvalue weighted by molar-refractivity contribution is 0.206. The molecule has 0 unspecified atom stereocenters. The van der Waals surface area contributed by atoms with Crippen molar-refractivity contribution in [1.29, 1.82) is 0 Å². The van der Waals surface area contributed by atoms with Gasteiger partial charge in [0, 0.05) is 32.4 Å². The third-order valence-corrected chi connectivity index (χ3v) is 6.68. The Bertz CT molecular complexity index is 928. The van der Waals surface area contributed by atoms with Crippen LogP contribution in [0.1, 0.15) is 18.4 Å². The fourth-order valence-corrected chi connectivity index (χ4v) is 4.10. The normalized spacial score (nSPS) is 14.2. The van der Waals surface area contributed by atoms with E-state index < -0.39 is 10.0 Å². The number of amides is 2. The molecule has 0 aromatic heterocycles. The van der Waals surface area contributed by atoms with Crippen molar-refractivity contribution in [2.24, 2.45) is 0 Å². The highest BCUT2D eigenvalue weighted by molar-refractivity contribution is 7.89. The topological polar surface area (TPSA) is 69.7 Å². The van der Waals surface area contributed by atoms with Crippen LogP contribution in [0.2, 0.25) is 5.02 Å². The number of halogens is 1. The Morgan fingerprint density at radius 1 is 1.15 bits per heavy atom. The van der Waals surface area contributed by atoms with E-state index in [4.69, 9.17) is 11.6 Å². The molecule has 8 heteroatoms. The summed E-state index contributed by atoms with van der Waals surface area (Å²) in [7, 11) is -0.830. The maximum absolute atomic E-state index is 12.8. The maximum Gasteiger partial charge on any atom is 0.322 e. The Kier molecular flexibility index (Phi) is 5.74. The molecule has 2 aromatic rings. The van der Waals surface area contributed by atoms with Crippen molar-refractivity contribution in [3.63, 3.8) is 0 Å². The Balaban J connectivity index is 1.80. The van der Waals surface area contributed by atoms with Gasteiger partial charge in [-0.25, -0.2) is 17.5 Å². The van der Waals surface area contributed by atoms with E-state index >= 15 is 0 Å². The lowest BCUT2D eigenvalue weighted by atomic mass is 10.2. The summed E-state index contributed by atoms with van der Waals surface area (Å²) in [6.45, 7) is 0.508. The summed E-state index contributed by atoms with van der Waals surface area (Å²) >= 11 is 6.06. The van der Waals surface area contributed by atoms with E-state index in [1.54, 1.807) is 11.0 Å². The molecule has 0 heterocycles. The highest BCUT2D eigenvalue weighted by Gasteiger charge is 2.33. The highest BCUT2D eigenvalue weighted by Crippen LogP contribution is 2.30. The minimum absolute atomic E-state index is 0.0343. The van der Waals surface area contributed by atoms with E-state index in [-0.39, 0.29) is 22.0 Å². The van der Waals surface area contributed by atoms with Gasteiger partial charge in [0.2, 0.25) is 10.0 Å². The molecule has 1 N–H and O–H groups in total. The van der Waals surface area contributed by atoms with Gasteiger partial charge in [0.25, 0.3) is 0 Å². The minimum Gasteiger partial charge on any atom is -0.317 e. The van der Waals surface area contributed by atoms with Crippen molar-refractivity contribution in [3.05, 3.63) is 59.1 Å². The molecule has 27 heavy (non-hydrogen) atoms. The fraction of sp³-hybridized carbons (Fsp3) is 0.316. The average Bonchev–Trinajstić information content (AvgIpc) is 3.46. The minimum atomic E-state index is -3.70.